The largest absolute Gasteiger partial charge is 0.497 e. The second-order valence-corrected chi connectivity index (χ2v) is 6.23. The predicted molar refractivity (Wildman–Crippen MR) is 102 cm³/mol. The van der Waals surface area contributed by atoms with Crippen molar-refractivity contribution in [2.45, 2.75) is 0 Å². The number of fused-ring (bicyclic) bond motifs is 2. The molecule has 0 atom stereocenters. The van der Waals surface area contributed by atoms with Gasteiger partial charge < -0.3 is 14.8 Å². The number of carbonyl (C=O) groups excluding carboxylic acids is 1. The van der Waals surface area contributed by atoms with Crippen molar-refractivity contribution in [2.24, 2.45) is 0 Å². The minimum atomic E-state index is -0.242. The molecule has 2 aromatic carbocycles. The third-order valence-electron chi connectivity index (χ3n) is 4.22. The lowest BCUT2D eigenvalue weighted by Crippen LogP contribution is -2.18. The third kappa shape index (κ3) is 2.97. The number of amides is 1. The molecule has 0 saturated heterocycles. The molecule has 6 heteroatoms. The van der Waals surface area contributed by atoms with Crippen LogP contribution in [0.25, 0.3) is 16.3 Å². The van der Waals surface area contributed by atoms with Crippen molar-refractivity contribution in [3.05, 3.63) is 65.5 Å². The molecule has 1 aliphatic heterocycles. The minimum absolute atomic E-state index is 0.242. The minimum Gasteiger partial charge on any atom is -0.497 e. The third-order valence-corrected chi connectivity index (χ3v) is 4.45. The zero-order valence-corrected chi connectivity index (χ0v) is 14.7. The van der Waals surface area contributed by atoms with Crippen LogP contribution < -0.4 is 14.8 Å². The van der Waals surface area contributed by atoms with E-state index in [4.69, 9.17) is 21.1 Å². The molecule has 1 aliphatic rings. The number of pyridine rings is 1. The molecule has 0 aliphatic carbocycles. The van der Waals surface area contributed by atoms with Gasteiger partial charge >= 0.3 is 0 Å². The molecule has 0 unspecified atom stereocenters. The molecular formula is C20H15ClN2O3. The Bertz CT molecular complexity index is 1050. The summed E-state index contributed by atoms with van der Waals surface area (Å²) in [4.78, 5) is 17.1. The van der Waals surface area contributed by atoms with Crippen molar-refractivity contribution in [2.75, 3.05) is 19.0 Å². The number of anilines is 1. The quantitative estimate of drug-likeness (QED) is 0.750. The molecular weight excluding hydrogens is 352 g/mol. The summed E-state index contributed by atoms with van der Waals surface area (Å²) in [6, 6.07) is 10.9. The van der Waals surface area contributed by atoms with Gasteiger partial charge in [0.1, 0.15) is 18.1 Å². The first-order valence-corrected chi connectivity index (χ1v) is 8.39. The summed E-state index contributed by atoms with van der Waals surface area (Å²) in [6.07, 6.45) is 5.11. The van der Waals surface area contributed by atoms with Crippen molar-refractivity contribution >= 4 is 39.5 Å². The zero-order chi connectivity index (χ0) is 18.1. The summed E-state index contributed by atoms with van der Waals surface area (Å²) in [5.74, 6) is 1.11. The van der Waals surface area contributed by atoms with E-state index in [1.165, 1.54) is 0 Å². The van der Waals surface area contributed by atoms with Gasteiger partial charge in [0.2, 0.25) is 0 Å². The van der Waals surface area contributed by atoms with Crippen molar-refractivity contribution in [3.8, 4) is 11.5 Å². The number of ether oxygens (including phenoxy) is 2. The zero-order valence-electron chi connectivity index (χ0n) is 14.0. The number of nitrogens with zero attached hydrogens (tertiary/aromatic N) is 1. The average Bonchev–Trinajstić information content (AvgIpc) is 2.67. The Labute approximate surface area is 155 Å². The number of carbonyl (C=O) groups is 1. The molecule has 2 heterocycles. The van der Waals surface area contributed by atoms with Crippen LogP contribution in [0.15, 0.2) is 54.9 Å². The summed E-state index contributed by atoms with van der Waals surface area (Å²) in [7, 11) is 1.61. The highest BCUT2D eigenvalue weighted by atomic mass is 35.5. The number of rotatable bonds is 3. The summed E-state index contributed by atoms with van der Waals surface area (Å²) < 4.78 is 10.8. The van der Waals surface area contributed by atoms with Crippen molar-refractivity contribution in [3.63, 3.8) is 0 Å². The van der Waals surface area contributed by atoms with Gasteiger partial charge in [-0.15, -0.1) is 0 Å². The van der Waals surface area contributed by atoms with Crippen molar-refractivity contribution in [1.29, 1.82) is 0 Å². The number of hydrogen-bond acceptors (Lipinski definition) is 4. The molecule has 5 nitrogen and oxygen atoms in total. The van der Waals surface area contributed by atoms with E-state index in [0.717, 1.165) is 10.8 Å². The van der Waals surface area contributed by atoms with E-state index in [2.05, 4.69) is 10.3 Å². The van der Waals surface area contributed by atoms with Crippen LogP contribution in [0.3, 0.4) is 0 Å². The molecule has 4 rings (SSSR count). The smallest absolute Gasteiger partial charge is 0.256 e. The fourth-order valence-electron chi connectivity index (χ4n) is 2.94. The van der Waals surface area contributed by atoms with Gasteiger partial charge in [-0.1, -0.05) is 11.6 Å². The molecule has 130 valence electrons. The van der Waals surface area contributed by atoms with Crippen LogP contribution in [0.5, 0.6) is 11.5 Å². The number of hydrogen-bond donors (Lipinski definition) is 1. The van der Waals surface area contributed by atoms with Crippen molar-refractivity contribution in [1.82, 2.24) is 4.98 Å². The Morgan fingerprint density at radius 3 is 2.96 bits per heavy atom. The fraction of sp³-hybridized carbons (Fsp3) is 0.100. The molecule has 0 fully saturated rings. The summed E-state index contributed by atoms with van der Waals surface area (Å²) in [5.41, 5.74) is 1.81. The Kier molecular flexibility index (Phi) is 4.22. The highest BCUT2D eigenvalue weighted by Gasteiger charge is 2.21. The van der Waals surface area contributed by atoms with Gasteiger partial charge in [-0.25, -0.2) is 0 Å². The molecule has 0 spiro atoms. The summed E-state index contributed by atoms with van der Waals surface area (Å²) in [6.45, 7) is 0.332. The number of nitrogens with one attached hydrogen (secondary N) is 1. The van der Waals surface area contributed by atoms with Crippen LogP contribution in [-0.2, 0) is 4.79 Å². The maximum atomic E-state index is 12.9. The van der Waals surface area contributed by atoms with E-state index < -0.39 is 0 Å². The maximum absolute atomic E-state index is 12.9. The number of aromatic nitrogens is 1. The lowest BCUT2D eigenvalue weighted by Gasteiger charge is -2.19. The molecule has 1 N–H and O–H groups in total. The van der Waals surface area contributed by atoms with E-state index in [1.807, 2.05) is 18.2 Å². The first-order valence-electron chi connectivity index (χ1n) is 8.02. The van der Waals surface area contributed by atoms with Gasteiger partial charge in [-0.2, -0.15) is 0 Å². The number of methoxy groups -OCH3 is 1. The second-order valence-electron chi connectivity index (χ2n) is 5.80. The standard InChI is InChI=1S/C20H15ClN2O3/c1-25-14-4-2-12-10-22-11-18(16(12)9-14)23-20(24)15-6-7-26-19-5-3-13(21)8-17(15)19/h2-6,8-11H,7H2,1H3,(H,23,24). The van der Waals surface area contributed by atoms with Crippen molar-refractivity contribution < 1.29 is 14.3 Å². The number of benzene rings is 2. The van der Waals surface area contributed by atoms with Crippen LogP contribution in [0.2, 0.25) is 5.02 Å². The van der Waals surface area contributed by atoms with Crippen LogP contribution in [0, 0.1) is 0 Å². The molecule has 1 aromatic heterocycles. The number of halogens is 1. The fourth-order valence-corrected chi connectivity index (χ4v) is 3.11. The Hall–Kier alpha value is -3.05. The molecule has 0 saturated carbocycles. The van der Waals surface area contributed by atoms with E-state index in [1.54, 1.807) is 43.8 Å². The summed E-state index contributed by atoms with van der Waals surface area (Å²) in [5, 5.41) is 5.25. The van der Waals surface area contributed by atoms with E-state index in [0.29, 0.717) is 40.0 Å². The maximum Gasteiger partial charge on any atom is 0.256 e. The molecule has 1 amide bonds. The molecule has 0 radical (unpaired) electrons. The van der Waals surface area contributed by atoms with Gasteiger partial charge in [-0.05, 0) is 42.5 Å². The lowest BCUT2D eigenvalue weighted by molar-refractivity contribution is -0.111. The summed E-state index contributed by atoms with van der Waals surface area (Å²) >= 11 is 6.08. The SMILES string of the molecule is COc1ccc2cncc(NC(=O)C3=CCOc4ccc(Cl)cc43)c2c1. The first kappa shape index (κ1) is 16.4. The Morgan fingerprint density at radius 1 is 1.23 bits per heavy atom. The monoisotopic (exact) mass is 366 g/mol. The highest BCUT2D eigenvalue weighted by Crippen LogP contribution is 2.34. The predicted octanol–water partition coefficient (Wildman–Crippen LogP) is 4.31. The molecule has 26 heavy (non-hydrogen) atoms. The van der Waals surface area contributed by atoms with E-state index >= 15 is 0 Å². The van der Waals surface area contributed by atoms with Gasteiger partial charge in [0.25, 0.3) is 5.91 Å². The average molecular weight is 367 g/mol. The second kappa shape index (κ2) is 6.69. The van der Waals surface area contributed by atoms with Crippen LogP contribution in [0.4, 0.5) is 5.69 Å². The van der Waals surface area contributed by atoms with Gasteiger partial charge in [0, 0.05) is 27.6 Å². The normalized spacial score (nSPS) is 12.8. The van der Waals surface area contributed by atoms with Gasteiger partial charge in [-0.3, -0.25) is 9.78 Å². The molecule has 3 aromatic rings. The van der Waals surface area contributed by atoms with Gasteiger partial charge in [0.15, 0.2) is 0 Å². The first-order chi connectivity index (χ1) is 12.7. The van der Waals surface area contributed by atoms with Crippen LogP contribution in [0.1, 0.15) is 5.56 Å². The topological polar surface area (TPSA) is 60.5 Å². The highest BCUT2D eigenvalue weighted by molar-refractivity contribution is 6.32. The Morgan fingerprint density at radius 2 is 2.12 bits per heavy atom. The van der Waals surface area contributed by atoms with E-state index in [9.17, 15) is 4.79 Å². The Balaban J connectivity index is 1.70. The lowest BCUT2D eigenvalue weighted by atomic mass is 10.0. The van der Waals surface area contributed by atoms with Crippen LogP contribution in [-0.4, -0.2) is 24.6 Å². The van der Waals surface area contributed by atoms with E-state index in [-0.39, 0.29) is 5.91 Å². The molecule has 0 bridgehead atoms. The van der Waals surface area contributed by atoms with Gasteiger partial charge in [0.05, 0.1) is 24.6 Å². The van der Waals surface area contributed by atoms with Crippen LogP contribution >= 0.6 is 11.6 Å².